The first-order valence-electron chi connectivity index (χ1n) is 4.94. The van der Waals surface area contributed by atoms with Crippen molar-refractivity contribution >= 4 is 0 Å². The largest absolute Gasteiger partial charge is 0.393 e. The maximum atomic E-state index is 9.20. The zero-order chi connectivity index (χ0) is 11.1. The highest BCUT2D eigenvalue weighted by Crippen LogP contribution is 2.20. The fourth-order valence-corrected chi connectivity index (χ4v) is 1.44. The Morgan fingerprint density at radius 2 is 2.20 bits per heavy atom. The van der Waals surface area contributed by atoms with Gasteiger partial charge in [-0.15, -0.1) is 0 Å². The van der Waals surface area contributed by atoms with Crippen LogP contribution in [-0.4, -0.2) is 18.3 Å². The third-order valence-corrected chi connectivity index (χ3v) is 2.23. The number of benzene rings is 1. The number of aliphatic hydroxyl groups excluding tert-OH is 1. The van der Waals surface area contributed by atoms with Crippen LogP contribution in [-0.2, 0) is 4.74 Å². The second-order valence-electron chi connectivity index (χ2n) is 3.31. The summed E-state index contributed by atoms with van der Waals surface area (Å²) in [6.45, 7) is 2.28. The highest BCUT2D eigenvalue weighted by molar-refractivity contribution is 5.27. The van der Waals surface area contributed by atoms with E-state index in [1.165, 1.54) is 0 Å². The normalized spacial score (nSPS) is 12.1. The van der Waals surface area contributed by atoms with E-state index in [1.807, 2.05) is 37.3 Å². The number of rotatable bonds is 5. The van der Waals surface area contributed by atoms with Crippen molar-refractivity contribution in [2.75, 3.05) is 13.2 Å². The summed E-state index contributed by atoms with van der Waals surface area (Å²) in [5, 5.41) is 17.6. The van der Waals surface area contributed by atoms with Crippen LogP contribution in [0.1, 0.15) is 23.7 Å². The van der Waals surface area contributed by atoms with E-state index in [0.717, 1.165) is 11.1 Å². The average molecular weight is 205 g/mol. The number of hydrogen-bond acceptors (Lipinski definition) is 3. The molecule has 0 bridgehead atoms. The molecule has 0 amide bonds. The van der Waals surface area contributed by atoms with E-state index in [-0.39, 0.29) is 12.7 Å². The first-order chi connectivity index (χ1) is 7.29. The molecular weight excluding hydrogens is 190 g/mol. The molecule has 0 fully saturated rings. The Morgan fingerprint density at radius 3 is 2.80 bits per heavy atom. The summed E-state index contributed by atoms with van der Waals surface area (Å²) in [7, 11) is 0. The van der Waals surface area contributed by atoms with Crippen molar-refractivity contribution in [1.29, 1.82) is 5.26 Å². The van der Waals surface area contributed by atoms with E-state index >= 15 is 0 Å². The highest BCUT2D eigenvalue weighted by atomic mass is 16.5. The van der Waals surface area contributed by atoms with Gasteiger partial charge in [-0.2, -0.15) is 5.26 Å². The second-order valence-corrected chi connectivity index (χ2v) is 3.31. The number of aryl methyl sites for hydroxylation is 1. The molecular formula is C12H15NO2. The van der Waals surface area contributed by atoms with Gasteiger partial charge in [0.25, 0.3) is 0 Å². The number of nitriles is 1. The molecule has 3 nitrogen and oxygen atoms in total. The number of aliphatic hydroxyl groups is 1. The molecule has 0 aliphatic carbocycles. The molecule has 1 atom stereocenters. The highest BCUT2D eigenvalue weighted by Gasteiger charge is 2.12. The molecule has 1 aromatic carbocycles. The van der Waals surface area contributed by atoms with Gasteiger partial charge in [0.15, 0.2) is 0 Å². The Kier molecular flexibility index (Phi) is 4.82. The maximum absolute atomic E-state index is 9.20. The molecule has 0 heterocycles. The van der Waals surface area contributed by atoms with E-state index in [4.69, 9.17) is 10.00 Å². The monoisotopic (exact) mass is 205 g/mol. The van der Waals surface area contributed by atoms with Crippen molar-refractivity contribution in [2.45, 2.75) is 19.4 Å². The molecule has 15 heavy (non-hydrogen) atoms. The van der Waals surface area contributed by atoms with E-state index in [2.05, 4.69) is 0 Å². The Bertz CT molecular complexity index is 344. The molecule has 0 aliphatic rings. The van der Waals surface area contributed by atoms with Gasteiger partial charge in [0, 0.05) is 0 Å². The minimum absolute atomic E-state index is 0.0592. The van der Waals surface area contributed by atoms with Crippen LogP contribution < -0.4 is 0 Å². The third kappa shape index (κ3) is 3.35. The molecule has 0 aromatic heterocycles. The lowest BCUT2D eigenvalue weighted by atomic mass is 10.0. The second kappa shape index (κ2) is 6.18. The van der Waals surface area contributed by atoms with Crippen molar-refractivity contribution in [3.05, 3.63) is 35.4 Å². The van der Waals surface area contributed by atoms with E-state index in [0.29, 0.717) is 13.0 Å². The van der Waals surface area contributed by atoms with Crippen molar-refractivity contribution in [3.63, 3.8) is 0 Å². The van der Waals surface area contributed by atoms with Crippen LogP contribution in [0.15, 0.2) is 24.3 Å². The summed E-state index contributed by atoms with van der Waals surface area (Å²) in [6.07, 6.45) is 0.0297. The van der Waals surface area contributed by atoms with Gasteiger partial charge in [0.2, 0.25) is 0 Å². The number of nitrogens with zero attached hydrogens (tertiary/aromatic N) is 1. The van der Waals surface area contributed by atoms with E-state index < -0.39 is 0 Å². The van der Waals surface area contributed by atoms with Crippen molar-refractivity contribution < 1.29 is 9.84 Å². The van der Waals surface area contributed by atoms with Gasteiger partial charge in [-0.3, -0.25) is 0 Å². The molecule has 1 aromatic rings. The molecule has 0 spiro atoms. The van der Waals surface area contributed by atoms with Crippen LogP contribution >= 0.6 is 0 Å². The van der Waals surface area contributed by atoms with Gasteiger partial charge in [0.1, 0.15) is 6.10 Å². The van der Waals surface area contributed by atoms with Gasteiger partial charge in [-0.05, 0) is 18.1 Å². The van der Waals surface area contributed by atoms with Crippen LogP contribution in [0.5, 0.6) is 0 Å². The Hall–Kier alpha value is -1.37. The summed E-state index contributed by atoms with van der Waals surface area (Å²) < 4.78 is 5.43. The van der Waals surface area contributed by atoms with Gasteiger partial charge < -0.3 is 9.84 Å². The minimum atomic E-state index is -0.320. The SMILES string of the molecule is Cc1ccccc1[C@H](CO)OCCC#N. The standard InChI is InChI=1S/C12H15NO2/c1-10-5-2-3-6-11(10)12(9-14)15-8-4-7-13/h2-3,5-6,12,14H,4,8-9H2,1H3/t12-/m0/s1. The van der Waals surface area contributed by atoms with Crippen LogP contribution in [0.3, 0.4) is 0 Å². The molecule has 0 saturated carbocycles. The van der Waals surface area contributed by atoms with Crippen LogP contribution in [0, 0.1) is 18.3 Å². The summed E-state index contributed by atoms with van der Waals surface area (Å²) in [4.78, 5) is 0. The van der Waals surface area contributed by atoms with Gasteiger partial charge in [0.05, 0.1) is 25.7 Å². The molecule has 0 unspecified atom stereocenters. The van der Waals surface area contributed by atoms with Crippen LogP contribution in [0.2, 0.25) is 0 Å². The topological polar surface area (TPSA) is 53.2 Å². The van der Waals surface area contributed by atoms with Crippen LogP contribution in [0.4, 0.5) is 0 Å². The van der Waals surface area contributed by atoms with Gasteiger partial charge in [-0.25, -0.2) is 0 Å². The molecule has 0 aliphatic heterocycles. The molecule has 0 saturated heterocycles. The van der Waals surface area contributed by atoms with Crippen molar-refractivity contribution in [3.8, 4) is 6.07 Å². The predicted molar refractivity (Wildman–Crippen MR) is 57.2 cm³/mol. The van der Waals surface area contributed by atoms with E-state index in [1.54, 1.807) is 0 Å². The Morgan fingerprint density at radius 1 is 1.47 bits per heavy atom. The first kappa shape index (κ1) is 11.7. The smallest absolute Gasteiger partial charge is 0.106 e. The van der Waals surface area contributed by atoms with E-state index in [9.17, 15) is 5.11 Å². The third-order valence-electron chi connectivity index (χ3n) is 2.23. The van der Waals surface area contributed by atoms with Crippen molar-refractivity contribution in [1.82, 2.24) is 0 Å². The zero-order valence-corrected chi connectivity index (χ0v) is 8.81. The fraction of sp³-hybridized carbons (Fsp3) is 0.417. The average Bonchev–Trinajstić information content (AvgIpc) is 2.26. The molecule has 0 radical (unpaired) electrons. The lowest BCUT2D eigenvalue weighted by Crippen LogP contribution is -2.11. The van der Waals surface area contributed by atoms with Crippen LogP contribution in [0.25, 0.3) is 0 Å². The summed E-state index contributed by atoms with van der Waals surface area (Å²) in [5.41, 5.74) is 2.08. The van der Waals surface area contributed by atoms with Gasteiger partial charge >= 0.3 is 0 Å². The lowest BCUT2D eigenvalue weighted by molar-refractivity contribution is 0.0143. The molecule has 3 heteroatoms. The Labute approximate surface area is 89.9 Å². The molecule has 1 rings (SSSR count). The zero-order valence-electron chi connectivity index (χ0n) is 8.81. The molecule has 80 valence electrons. The van der Waals surface area contributed by atoms with Crippen molar-refractivity contribution in [2.24, 2.45) is 0 Å². The summed E-state index contributed by atoms with van der Waals surface area (Å²) in [6, 6.07) is 9.78. The summed E-state index contributed by atoms with van der Waals surface area (Å²) in [5.74, 6) is 0. The quantitative estimate of drug-likeness (QED) is 0.747. The minimum Gasteiger partial charge on any atom is -0.393 e. The molecule has 1 N–H and O–H groups in total. The lowest BCUT2D eigenvalue weighted by Gasteiger charge is -2.17. The summed E-state index contributed by atoms with van der Waals surface area (Å²) >= 11 is 0. The number of hydrogen-bond donors (Lipinski definition) is 1. The maximum Gasteiger partial charge on any atom is 0.106 e. The predicted octanol–water partition coefficient (Wildman–Crippen LogP) is 1.96. The Balaban J connectivity index is 2.66. The van der Waals surface area contributed by atoms with Gasteiger partial charge in [-0.1, -0.05) is 24.3 Å². The number of ether oxygens (including phenoxy) is 1. The first-order valence-corrected chi connectivity index (χ1v) is 4.94. The fourth-order valence-electron chi connectivity index (χ4n) is 1.44.